The maximum Gasteiger partial charge on any atom is 0.252 e. The Bertz CT molecular complexity index is 762. The van der Waals surface area contributed by atoms with Crippen molar-refractivity contribution in [3.05, 3.63) is 54.1 Å². The quantitative estimate of drug-likeness (QED) is 0.920. The topological polar surface area (TPSA) is 51.2 Å². The van der Waals surface area contributed by atoms with Crippen molar-refractivity contribution >= 4 is 5.91 Å². The van der Waals surface area contributed by atoms with Crippen LogP contribution in [0.2, 0.25) is 0 Å². The van der Waals surface area contributed by atoms with Gasteiger partial charge in [0, 0.05) is 12.7 Å². The van der Waals surface area contributed by atoms with E-state index in [1.807, 2.05) is 12.1 Å². The molecule has 3 heterocycles. The number of aromatic nitrogens is 1. The highest BCUT2D eigenvalue weighted by molar-refractivity contribution is 5.86. The monoisotopic (exact) mass is 326 g/mol. The maximum atomic E-state index is 13.1. The number of benzene rings is 1. The van der Waals surface area contributed by atoms with E-state index in [4.69, 9.17) is 4.74 Å². The number of pyridine rings is 1. The predicted octanol–water partition coefficient (Wildman–Crippen LogP) is 3.39. The number of nitrogens with one attached hydrogen (secondary N) is 1. The van der Waals surface area contributed by atoms with Gasteiger partial charge in [0.05, 0.1) is 5.69 Å². The summed E-state index contributed by atoms with van der Waals surface area (Å²) in [6, 6.07) is 10.3. The zero-order valence-electron chi connectivity index (χ0n) is 13.3. The van der Waals surface area contributed by atoms with Crippen LogP contribution in [0.5, 0.6) is 0 Å². The molecule has 2 fully saturated rings. The summed E-state index contributed by atoms with van der Waals surface area (Å²) in [4.78, 5) is 16.7. The number of ether oxygens (including phenoxy) is 1. The Morgan fingerprint density at radius 1 is 1.17 bits per heavy atom. The average molecular weight is 326 g/mol. The molecular weight excluding hydrogens is 307 g/mol. The Balaban J connectivity index is 1.58. The largest absolute Gasteiger partial charge is 0.356 e. The first-order valence-electron chi connectivity index (χ1n) is 8.34. The van der Waals surface area contributed by atoms with Gasteiger partial charge >= 0.3 is 0 Å². The average Bonchev–Trinajstić information content (AvgIpc) is 3.04. The minimum absolute atomic E-state index is 0.00550. The Morgan fingerprint density at radius 2 is 2.00 bits per heavy atom. The molecule has 2 aliphatic rings. The second kappa shape index (κ2) is 5.98. The molecule has 0 saturated carbocycles. The van der Waals surface area contributed by atoms with Gasteiger partial charge in [-0.05, 0) is 61.1 Å². The third kappa shape index (κ3) is 2.69. The summed E-state index contributed by atoms with van der Waals surface area (Å²) >= 11 is 0. The van der Waals surface area contributed by atoms with Crippen LogP contribution < -0.4 is 5.32 Å². The fourth-order valence-corrected chi connectivity index (χ4v) is 3.61. The van der Waals surface area contributed by atoms with E-state index in [-0.39, 0.29) is 17.8 Å². The molecule has 1 amide bonds. The van der Waals surface area contributed by atoms with Crippen LogP contribution in [-0.4, -0.2) is 23.0 Å². The molecule has 2 aliphatic heterocycles. The minimum atomic E-state index is -0.684. The van der Waals surface area contributed by atoms with E-state index in [0.29, 0.717) is 0 Å². The summed E-state index contributed by atoms with van der Waals surface area (Å²) < 4.78 is 19.3. The molecule has 1 aromatic carbocycles. The van der Waals surface area contributed by atoms with Gasteiger partial charge in [0.1, 0.15) is 17.5 Å². The fourth-order valence-electron chi connectivity index (χ4n) is 3.61. The van der Waals surface area contributed by atoms with E-state index >= 15 is 0 Å². The number of hydrogen-bond acceptors (Lipinski definition) is 3. The molecule has 2 aromatic rings. The lowest BCUT2D eigenvalue weighted by atomic mass is 9.90. The predicted molar refractivity (Wildman–Crippen MR) is 87.7 cm³/mol. The first-order valence-corrected chi connectivity index (χ1v) is 8.34. The van der Waals surface area contributed by atoms with Gasteiger partial charge in [-0.25, -0.2) is 4.39 Å². The van der Waals surface area contributed by atoms with Crippen LogP contribution in [0.3, 0.4) is 0 Å². The number of amides is 1. The van der Waals surface area contributed by atoms with Crippen LogP contribution in [0, 0.1) is 5.82 Å². The van der Waals surface area contributed by atoms with E-state index in [1.54, 1.807) is 18.3 Å². The maximum absolute atomic E-state index is 13.1. The van der Waals surface area contributed by atoms with E-state index in [2.05, 4.69) is 10.3 Å². The molecule has 4 rings (SSSR count). The zero-order chi connectivity index (χ0) is 16.6. The summed E-state index contributed by atoms with van der Waals surface area (Å²) in [5.74, 6) is -0.247. The van der Waals surface area contributed by atoms with Crippen molar-refractivity contribution in [3.63, 3.8) is 0 Å². The SMILES string of the molecule is O=C1NCCC[C@]12CC[C@@H](c1cc(-c3ccc(F)cc3)ccn1)O2. The Morgan fingerprint density at radius 3 is 2.79 bits per heavy atom. The highest BCUT2D eigenvalue weighted by Gasteiger charge is 2.48. The molecule has 1 spiro atoms. The van der Waals surface area contributed by atoms with Crippen molar-refractivity contribution in [1.29, 1.82) is 0 Å². The van der Waals surface area contributed by atoms with Crippen molar-refractivity contribution in [2.45, 2.75) is 37.4 Å². The second-order valence-corrected chi connectivity index (χ2v) is 6.48. The van der Waals surface area contributed by atoms with Crippen molar-refractivity contribution in [2.75, 3.05) is 6.54 Å². The molecule has 0 radical (unpaired) electrons. The molecule has 1 aromatic heterocycles. The normalized spacial score (nSPS) is 26.5. The number of carbonyl (C=O) groups excluding carboxylic acids is 1. The molecule has 0 unspecified atom stereocenters. The van der Waals surface area contributed by atoms with Gasteiger partial charge in [-0.3, -0.25) is 9.78 Å². The number of halogens is 1. The van der Waals surface area contributed by atoms with Crippen molar-refractivity contribution in [1.82, 2.24) is 10.3 Å². The molecule has 2 atom stereocenters. The lowest BCUT2D eigenvalue weighted by Crippen LogP contribution is -2.50. The van der Waals surface area contributed by atoms with Gasteiger partial charge in [-0.1, -0.05) is 12.1 Å². The van der Waals surface area contributed by atoms with Crippen molar-refractivity contribution < 1.29 is 13.9 Å². The zero-order valence-corrected chi connectivity index (χ0v) is 13.3. The van der Waals surface area contributed by atoms with Gasteiger partial charge in [0.2, 0.25) is 0 Å². The van der Waals surface area contributed by atoms with Crippen LogP contribution >= 0.6 is 0 Å². The molecule has 0 bridgehead atoms. The minimum Gasteiger partial charge on any atom is -0.356 e. The van der Waals surface area contributed by atoms with Crippen molar-refractivity contribution in [2.24, 2.45) is 0 Å². The molecule has 4 nitrogen and oxygen atoms in total. The van der Waals surface area contributed by atoms with Gasteiger partial charge in [0.15, 0.2) is 0 Å². The molecule has 124 valence electrons. The Hall–Kier alpha value is -2.27. The van der Waals surface area contributed by atoms with E-state index in [0.717, 1.165) is 49.0 Å². The summed E-state index contributed by atoms with van der Waals surface area (Å²) in [5, 5.41) is 2.91. The molecule has 5 heteroatoms. The van der Waals surface area contributed by atoms with Crippen LogP contribution in [0.1, 0.15) is 37.5 Å². The lowest BCUT2D eigenvalue weighted by Gasteiger charge is -2.32. The highest BCUT2D eigenvalue weighted by atomic mass is 19.1. The van der Waals surface area contributed by atoms with Gasteiger partial charge in [-0.2, -0.15) is 0 Å². The number of hydrogen-bond donors (Lipinski definition) is 1. The second-order valence-electron chi connectivity index (χ2n) is 6.48. The molecular formula is C19H19FN2O2. The van der Waals surface area contributed by atoms with E-state index in [9.17, 15) is 9.18 Å². The van der Waals surface area contributed by atoms with Gasteiger partial charge in [-0.15, -0.1) is 0 Å². The molecule has 0 aliphatic carbocycles. The van der Waals surface area contributed by atoms with Crippen LogP contribution in [0.15, 0.2) is 42.6 Å². The Kier molecular flexibility index (Phi) is 3.81. The summed E-state index contributed by atoms with van der Waals surface area (Å²) in [5.41, 5.74) is 2.05. The van der Waals surface area contributed by atoms with E-state index in [1.165, 1.54) is 12.1 Å². The number of carbonyl (C=O) groups is 1. The highest BCUT2D eigenvalue weighted by Crippen LogP contribution is 2.43. The van der Waals surface area contributed by atoms with E-state index < -0.39 is 5.60 Å². The van der Waals surface area contributed by atoms with Crippen LogP contribution in [0.25, 0.3) is 11.1 Å². The molecule has 2 saturated heterocycles. The first kappa shape index (κ1) is 15.3. The summed E-state index contributed by atoms with van der Waals surface area (Å²) in [6.07, 6.45) is 4.80. The van der Waals surface area contributed by atoms with Crippen molar-refractivity contribution in [3.8, 4) is 11.1 Å². The fraction of sp³-hybridized carbons (Fsp3) is 0.368. The molecule has 24 heavy (non-hydrogen) atoms. The van der Waals surface area contributed by atoms with Gasteiger partial charge in [0.25, 0.3) is 5.91 Å². The van der Waals surface area contributed by atoms with Gasteiger partial charge < -0.3 is 10.1 Å². The Labute approximate surface area is 140 Å². The number of nitrogens with zero attached hydrogens (tertiary/aromatic N) is 1. The lowest BCUT2D eigenvalue weighted by molar-refractivity contribution is -0.150. The standard InChI is InChI=1S/C19H19FN2O2/c20-15-4-2-13(3-5-15)14-7-11-21-16(12-14)17-6-9-19(24-17)8-1-10-22-18(19)23/h2-5,7,11-12,17H,1,6,8-10H2,(H,22,23)/t17-,19-/m0/s1. The summed E-state index contributed by atoms with van der Waals surface area (Å²) in [6.45, 7) is 0.729. The summed E-state index contributed by atoms with van der Waals surface area (Å²) in [7, 11) is 0. The number of piperidine rings is 1. The first-order chi connectivity index (χ1) is 11.7. The molecule has 1 N–H and O–H groups in total. The number of rotatable bonds is 2. The third-order valence-corrected chi connectivity index (χ3v) is 4.92. The van der Waals surface area contributed by atoms with Crippen LogP contribution in [0.4, 0.5) is 4.39 Å². The smallest absolute Gasteiger partial charge is 0.252 e. The van der Waals surface area contributed by atoms with Crippen LogP contribution in [-0.2, 0) is 9.53 Å². The third-order valence-electron chi connectivity index (χ3n) is 4.92.